The number of carbonyl (C=O) groups is 1. The van der Waals surface area contributed by atoms with Crippen molar-refractivity contribution in [3.05, 3.63) is 29.3 Å². The maximum atomic E-state index is 13.0. The van der Waals surface area contributed by atoms with E-state index in [2.05, 4.69) is 32.9 Å². The van der Waals surface area contributed by atoms with Gasteiger partial charge in [0, 0.05) is 5.92 Å². The second-order valence-electron chi connectivity index (χ2n) is 7.82. The van der Waals surface area contributed by atoms with Crippen LogP contribution in [-0.2, 0) is 16.6 Å². The molecule has 3 rings (SSSR count). The van der Waals surface area contributed by atoms with Crippen LogP contribution in [0, 0.1) is 11.3 Å². The van der Waals surface area contributed by atoms with Gasteiger partial charge in [0.25, 0.3) is 0 Å². The maximum absolute atomic E-state index is 13.0. The van der Waals surface area contributed by atoms with Gasteiger partial charge in [-0.25, -0.2) is 0 Å². The fraction of sp³-hybridized carbons (Fsp3) is 0.632. The summed E-state index contributed by atoms with van der Waals surface area (Å²) in [5, 5.41) is 0. The number of fused-ring (bicyclic) bond motifs is 4. The van der Waals surface area contributed by atoms with E-state index in [1.807, 2.05) is 6.07 Å². The number of benzene rings is 1. The van der Waals surface area contributed by atoms with E-state index in [4.69, 9.17) is 4.74 Å². The number of carbonyl (C=O) groups excluding carboxylic acids is 1. The van der Waals surface area contributed by atoms with Gasteiger partial charge in [0.15, 0.2) is 0 Å². The average Bonchev–Trinajstić information content (AvgIpc) is 2.47. The SMILES string of the molecule is COc1ccc2c(c1)C1(C)CCC(C)(C)CCC(C2)C1=O. The molecule has 2 aliphatic carbocycles. The minimum atomic E-state index is -0.329. The van der Waals surface area contributed by atoms with Crippen molar-refractivity contribution in [2.45, 2.75) is 58.3 Å². The van der Waals surface area contributed by atoms with Gasteiger partial charge in [-0.2, -0.15) is 0 Å². The van der Waals surface area contributed by atoms with E-state index in [1.54, 1.807) is 7.11 Å². The van der Waals surface area contributed by atoms with Gasteiger partial charge in [-0.05, 0) is 67.7 Å². The summed E-state index contributed by atoms with van der Waals surface area (Å²) in [5.41, 5.74) is 2.57. The molecule has 114 valence electrons. The summed E-state index contributed by atoms with van der Waals surface area (Å²) in [6.07, 6.45) is 5.16. The van der Waals surface area contributed by atoms with Crippen LogP contribution in [0.2, 0.25) is 0 Å². The number of ether oxygens (including phenoxy) is 1. The molecule has 2 atom stereocenters. The van der Waals surface area contributed by atoms with Crippen molar-refractivity contribution in [2.75, 3.05) is 7.11 Å². The van der Waals surface area contributed by atoms with Crippen molar-refractivity contribution in [3.8, 4) is 5.75 Å². The Labute approximate surface area is 127 Å². The molecule has 0 aliphatic heterocycles. The number of hydrogen-bond acceptors (Lipinski definition) is 2. The average molecular weight is 286 g/mol. The summed E-state index contributed by atoms with van der Waals surface area (Å²) in [6.45, 7) is 6.84. The van der Waals surface area contributed by atoms with E-state index >= 15 is 0 Å². The highest BCUT2D eigenvalue weighted by Crippen LogP contribution is 2.48. The minimum absolute atomic E-state index is 0.204. The number of methoxy groups -OCH3 is 1. The lowest BCUT2D eigenvalue weighted by Gasteiger charge is -2.43. The Morgan fingerprint density at radius 1 is 1.14 bits per heavy atom. The Kier molecular flexibility index (Phi) is 3.38. The minimum Gasteiger partial charge on any atom is -0.497 e. The molecule has 1 fully saturated rings. The van der Waals surface area contributed by atoms with E-state index in [0.717, 1.165) is 37.9 Å². The first-order valence-electron chi connectivity index (χ1n) is 8.07. The van der Waals surface area contributed by atoms with E-state index in [0.29, 0.717) is 11.2 Å². The van der Waals surface area contributed by atoms with E-state index in [-0.39, 0.29) is 11.3 Å². The summed E-state index contributed by atoms with van der Waals surface area (Å²) in [4.78, 5) is 13.0. The van der Waals surface area contributed by atoms with Crippen LogP contribution in [0.25, 0.3) is 0 Å². The molecule has 2 nitrogen and oxygen atoms in total. The highest BCUT2D eigenvalue weighted by Gasteiger charge is 2.46. The molecular formula is C19H26O2. The molecule has 2 aliphatic rings. The molecule has 0 N–H and O–H groups in total. The first kappa shape index (κ1) is 14.6. The second-order valence-corrected chi connectivity index (χ2v) is 7.82. The van der Waals surface area contributed by atoms with Crippen molar-refractivity contribution < 1.29 is 9.53 Å². The number of Topliss-reactive ketones (excluding diaryl/α,β-unsaturated/α-hetero) is 1. The first-order chi connectivity index (χ1) is 9.86. The Morgan fingerprint density at radius 2 is 1.90 bits per heavy atom. The van der Waals surface area contributed by atoms with Gasteiger partial charge < -0.3 is 4.74 Å². The van der Waals surface area contributed by atoms with Crippen LogP contribution in [0.1, 0.15) is 57.6 Å². The molecule has 0 radical (unpaired) electrons. The normalized spacial score (nSPS) is 31.0. The van der Waals surface area contributed by atoms with Crippen LogP contribution in [0.15, 0.2) is 18.2 Å². The summed E-state index contributed by atoms with van der Waals surface area (Å²) < 4.78 is 5.38. The predicted octanol–water partition coefficient (Wildman–Crippen LogP) is 4.29. The van der Waals surface area contributed by atoms with Crippen molar-refractivity contribution in [1.82, 2.24) is 0 Å². The Hall–Kier alpha value is -1.31. The molecule has 0 aromatic heterocycles. The fourth-order valence-electron chi connectivity index (χ4n) is 4.08. The second kappa shape index (κ2) is 4.86. The van der Waals surface area contributed by atoms with Gasteiger partial charge >= 0.3 is 0 Å². The summed E-state index contributed by atoms with van der Waals surface area (Å²) in [7, 11) is 1.69. The molecule has 0 spiro atoms. The zero-order chi connectivity index (χ0) is 15.3. The molecule has 1 aromatic carbocycles. The van der Waals surface area contributed by atoms with Crippen LogP contribution in [0.5, 0.6) is 5.75 Å². The van der Waals surface area contributed by atoms with Crippen molar-refractivity contribution in [2.24, 2.45) is 11.3 Å². The van der Waals surface area contributed by atoms with Gasteiger partial charge in [0.1, 0.15) is 11.5 Å². The Balaban J connectivity index is 2.10. The highest BCUT2D eigenvalue weighted by molar-refractivity contribution is 5.94. The lowest BCUT2D eigenvalue weighted by atomic mass is 9.59. The molecule has 0 heterocycles. The van der Waals surface area contributed by atoms with Crippen LogP contribution in [0.4, 0.5) is 0 Å². The zero-order valence-electron chi connectivity index (χ0n) is 13.7. The molecule has 2 heteroatoms. The van der Waals surface area contributed by atoms with Crippen LogP contribution in [-0.4, -0.2) is 12.9 Å². The molecule has 21 heavy (non-hydrogen) atoms. The van der Waals surface area contributed by atoms with Crippen molar-refractivity contribution in [3.63, 3.8) is 0 Å². The van der Waals surface area contributed by atoms with Crippen LogP contribution >= 0.6 is 0 Å². The molecule has 0 amide bonds. The number of rotatable bonds is 1. The lowest BCUT2D eigenvalue weighted by molar-refractivity contribution is -0.130. The lowest BCUT2D eigenvalue weighted by Crippen LogP contribution is -2.45. The first-order valence-corrected chi connectivity index (χ1v) is 8.07. The zero-order valence-corrected chi connectivity index (χ0v) is 13.7. The third-order valence-corrected chi connectivity index (χ3v) is 5.76. The molecule has 2 bridgehead atoms. The number of ketones is 1. The standard InChI is InChI=1S/C19H26O2/c1-18(2)8-7-14-11-13-5-6-15(21-4)12-16(13)19(3,10-9-18)17(14)20/h5-6,12,14H,7-11H2,1-4H3. The maximum Gasteiger partial charge on any atom is 0.146 e. The fourth-order valence-corrected chi connectivity index (χ4v) is 4.08. The smallest absolute Gasteiger partial charge is 0.146 e. The predicted molar refractivity (Wildman–Crippen MR) is 84.8 cm³/mol. The molecule has 2 unspecified atom stereocenters. The molecule has 1 saturated carbocycles. The quantitative estimate of drug-likeness (QED) is 0.769. The monoisotopic (exact) mass is 286 g/mol. The third kappa shape index (κ3) is 2.39. The van der Waals surface area contributed by atoms with Crippen molar-refractivity contribution >= 4 is 5.78 Å². The third-order valence-electron chi connectivity index (χ3n) is 5.76. The number of hydrogen-bond donors (Lipinski definition) is 0. The van der Waals surface area contributed by atoms with Crippen LogP contribution < -0.4 is 4.74 Å². The summed E-state index contributed by atoms with van der Waals surface area (Å²) in [5.74, 6) is 1.52. The van der Waals surface area contributed by atoms with E-state index in [9.17, 15) is 4.79 Å². The largest absolute Gasteiger partial charge is 0.497 e. The molecule has 1 aromatic rings. The van der Waals surface area contributed by atoms with Gasteiger partial charge in [-0.15, -0.1) is 0 Å². The summed E-state index contributed by atoms with van der Waals surface area (Å²) >= 11 is 0. The highest BCUT2D eigenvalue weighted by atomic mass is 16.5. The van der Waals surface area contributed by atoms with E-state index in [1.165, 1.54) is 11.1 Å². The Bertz CT molecular complexity index is 573. The molecule has 0 saturated heterocycles. The van der Waals surface area contributed by atoms with Gasteiger partial charge in [0.05, 0.1) is 12.5 Å². The topological polar surface area (TPSA) is 26.3 Å². The summed E-state index contributed by atoms with van der Waals surface area (Å²) in [6, 6.07) is 6.29. The van der Waals surface area contributed by atoms with Crippen molar-refractivity contribution in [1.29, 1.82) is 0 Å². The van der Waals surface area contributed by atoms with Gasteiger partial charge in [-0.3, -0.25) is 4.79 Å². The molecular weight excluding hydrogens is 260 g/mol. The Morgan fingerprint density at radius 3 is 2.62 bits per heavy atom. The van der Waals surface area contributed by atoms with Gasteiger partial charge in [-0.1, -0.05) is 19.9 Å². The van der Waals surface area contributed by atoms with Crippen LogP contribution in [0.3, 0.4) is 0 Å². The van der Waals surface area contributed by atoms with Gasteiger partial charge in [0.2, 0.25) is 0 Å². The van der Waals surface area contributed by atoms with E-state index < -0.39 is 0 Å².